The summed E-state index contributed by atoms with van der Waals surface area (Å²) in [7, 11) is -2.34. The molecule has 0 radical (unpaired) electrons. The molecule has 174 valence electrons. The number of halogens is 1. The van der Waals surface area contributed by atoms with Crippen molar-refractivity contribution in [2.24, 2.45) is 5.92 Å². The minimum Gasteiger partial charge on any atom is -0.355 e. The SMILES string of the molecule is CCN1CCN(CCNC(=O)C2CCCN(S(=O)(=O)N(C)c3ccc(F)cc3)C2)CC1. The standard InChI is InChI=1S/C21H34FN5O3S/c1-3-25-13-15-26(16-14-25)12-10-23-21(28)18-5-4-11-27(17-18)31(29,30)24(2)20-8-6-19(22)7-9-20/h6-9,18H,3-5,10-17H2,1-2H3,(H,23,28). The normalized spacial score (nSPS) is 21.7. The molecule has 1 unspecified atom stereocenters. The Hall–Kier alpha value is -1.75. The lowest BCUT2D eigenvalue weighted by atomic mass is 9.99. The van der Waals surface area contributed by atoms with Gasteiger partial charge >= 0.3 is 10.2 Å². The van der Waals surface area contributed by atoms with E-state index in [1.54, 1.807) is 0 Å². The highest BCUT2D eigenvalue weighted by molar-refractivity contribution is 7.90. The van der Waals surface area contributed by atoms with Crippen LogP contribution in [0.3, 0.4) is 0 Å². The van der Waals surface area contributed by atoms with E-state index in [1.165, 1.54) is 35.6 Å². The van der Waals surface area contributed by atoms with Crippen molar-refractivity contribution in [3.63, 3.8) is 0 Å². The third-order valence-electron chi connectivity index (χ3n) is 6.26. The van der Waals surface area contributed by atoms with Gasteiger partial charge in [-0.3, -0.25) is 14.0 Å². The quantitative estimate of drug-likeness (QED) is 0.632. The third kappa shape index (κ3) is 6.15. The largest absolute Gasteiger partial charge is 0.355 e. The number of likely N-dealkylation sites (N-methyl/N-ethyl adjacent to an activating group) is 1. The molecule has 10 heteroatoms. The Bertz CT molecular complexity index is 828. The molecule has 2 saturated heterocycles. The van der Waals surface area contributed by atoms with Crippen LogP contribution in [-0.4, -0.2) is 94.4 Å². The number of hydrogen-bond acceptors (Lipinski definition) is 5. The first-order valence-electron chi connectivity index (χ1n) is 11.0. The first kappa shape index (κ1) is 23.9. The van der Waals surface area contributed by atoms with Gasteiger partial charge in [-0.2, -0.15) is 12.7 Å². The highest BCUT2D eigenvalue weighted by Gasteiger charge is 2.34. The Morgan fingerprint density at radius 3 is 2.42 bits per heavy atom. The van der Waals surface area contributed by atoms with E-state index in [4.69, 9.17) is 0 Å². The fourth-order valence-electron chi connectivity index (χ4n) is 4.13. The van der Waals surface area contributed by atoms with Crippen molar-refractivity contribution in [2.45, 2.75) is 19.8 Å². The van der Waals surface area contributed by atoms with Crippen molar-refractivity contribution in [2.75, 3.05) is 70.3 Å². The molecule has 2 heterocycles. The van der Waals surface area contributed by atoms with Gasteiger partial charge in [-0.1, -0.05) is 6.92 Å². The van der Waals surface area contributed by atoms with Gasteiger partial charge in [-0.15, -0.1) is 0 Å². The fraction of sp³-hybridized carbons (Fsp3) is 0.667. The lowest BCUT2D eigenvalue weighted by Crippen LogP contribution is -2.51. The van der Waals surface area contributed by atoms with Crippen LogP contribution in [0.2, 0.25) is 0 Å². The van der Waals surface area contributed by atoms with Gasteiger partial charge < -0.3 is 10.2 Å². The third-order valence-corrected chi connectivity index (χ3v) is 8.14. The summed E-state index contributed by atoms with van der Waals surface area (Å²) in [5.41, 5.74) is 0.385. The summed E-state index contributed by atoms with van der Waals surface area (Å²) in [4.78, 5) is 17.4. The number of piperidine rings is 1. The number of amides is 1. The Balaban J connectivity index is 1.50. The van der Waals surface area contributed by atoms with Crippen molar-refractivity contribution in [1.82, 2.24) is 19.4 Å². The molecule has 2 aliphatic rings. The molecule has 0 aliphatic carbocycles. The Labute approximate surface area is 185 Å². The van der Waals surface area contributed by atoms with Gasteiger partial charge in [0.25, 0.3) is 0 Å². The Kier molecular flexibility index (Phi) is 8.26. The average Bonchev–Trinajstić information content (AvgIpc) is 2.79. The number of piperazine rings is 1. The highest BCUT2D eigenvalue weighted by Crippen LogP contribution is 2.24. The first-order chi connectivity index (χ1) is 14.8. The monoisotopic (exact) mass is 455 g/mol. The molecule has 2 aliphatic heterocycles. The second-order valence-electron chi connectivity index (χ2n) is 8.22. The topological polar surface area (TPSA) is 76.2 Å². The van der Waals surface area contributed by atoms with Crippen LogP contribution in [0.4, 0.5) is 10.1 Å². The molecule has 1 aromatic carbocycles. The van der Waals surface area contributed by atoms with E-state index < -0.39 is 16.0 Å². The van der Waals surface area contributed by atoms with Gasteiger partial charge in [0.1, 0.15) is 5.82 Å². The second kappa shape index (κ2) is 10.7. The van der Waals surface area contributed by atoms with Gasteiger partial charge in [0, 0.05) is 59.4 Å². The van der Waals surface area contributed by atoms with Gasteiger partial charge in [0.2, 0.25) is 5.91 Å². The van der Waals surface area contributed by atoms with Gasteiger partial charge in [-0.25, -0.2) is 4.39 Å². The maximum Gasteiger partial charge on any atom is 0.303 e. The van der Waals surface area contributed by atoms with Crippen LogP contribution in [-0.2, 0) is 15.0 Å². The molecule has 2 fully saturated rings. The molecule has 8 nitrogen and oxygen atoms in total. The summed E-state index contributed by atoms with van der Waals surface area (Å²) in [6.07, 6.45) is 1.31. The number of hydrogen-bond donors (Lipinski definition) is 1. The summed E-state index contributed by atoms with van der Waals surface area (Å²) < 4.78 is 41.7. The zero-order valence-corrected chi connectivity index (χ0v) is 19.3. The van der Waals surface area contributed by atoms with Crippen molar-refractivity contribution >= 4 is 21.8 Å². The maximum atomic E-state index is 13.2. The second-order valence-corrected chi connectivity index (χ2v) is 10.2. The number of nitrogens with one attached hydrogen (secondary N) is 1. The highest BCUT2D eigenvalue weighted by atomic mass is 32.2. The molecule has 1 aromatic rings. The predicted octanol–water partition coefficient (Wildman–Crippen LogP) is 0.972. The zero-order valence-electron chi connectivity index (χ0n) is 18.5. The van der Waals surface area contributed by atoms with E-state index in [1.807, 2.05) is 0 Å². The molecule has 0 saturated carbocycles. The number of anilines is 1. The molecule has 0 aromatic heterocycles. The van der Waals surface area contributed by atoms with Crippen LogP contribution >= 0.6 is 0 Å². The summed E-state index contributed by atoms with van der Waals surface area (Å²) in [6.45, 7) is 9.29. The lowest BCUT2D eigenvalue weighted by molar-refractivity contribution is -0.126. The molecule has 1 amide bonds. The molecular formula is C21H34FN5O3S. The minimum absolute atomic E-state index is 0.0865. The number of carbonyl (C=O) groups excluding carboxylic acids is 1. The number of rotatable bonds is 8. The number of nitrogens with zero attached hydrogens (tertiary/aromatic N) is 4. The smallest absolute Gasteiger partial charge is 0.303 e. The Morgan fingerprint density at radius 1 is 1.13 bits per heavy atom. The van der Waals surface area contributed by atoms with Crippen LogP contribution in [0.25, 0.3) is 0 Å². The van der Waals surface area contributed by atoms with Crippen LogP contribution in [0.1, 0.15) is 19.8 Å². The first-order valence-corrected chi connectivity index (χ1v) is 12.4. The minimum atomic E-state index is -3.79. The molecule has 31 heavy (non-hydrogen) atoms. The van der Waals surface area contributed by atoms with Crippen LogP contribution in [0, 0.1) is 11.7 Å². The maximum absolute atomic E-state index is 13.2. The van der Waals surface area contributed by atoms with Crippen molar-refractivity contribution < 1.29 is 17.6 Å². The number of carbonyl (C=O) groups is 1. The van der Waals surface area contributed by atoms with Crippen molar-refractivity contribution in [1.29, 1.82) is 0 Å². The molecule has 1 atom stereocenters. The van der Waals surface area contributed by atoms with Gasteiger partial charge in [0.15, 0.2) is 0 Å². The van der Waals surface area contributed by atoms with Crippen molar-refractivity contribution in [3.05, 3.63) is 30.1 Å². The predicted molar refractivity (Wildman–Crippen MR) is 120 cm³/mol. The van der Waals surface area contributed by atoms with Gasteiger partial charge in [-0.05, 0) is 43.7 Å². The van der Waals surface area contributed by atoms with Crippen LogP contribution < -0.4 is 9.62 Å². The summed E-state index contributed by atoms with van der Waals surface area (Å²) in [6, 6.07) is 5.33. The molecular weight excluding hydrogens is 421 g/mol. The van der Waals surface area contributed by atoms with Crippen molar-refractivity contribution in [3.8, 4) is 0 Å². The van der Waals surface area contributed by atoms with E-state index in [0.29, 0.717) is 31.6 Å². The van der Waals surface area contributed by atoms with Crippen LogP contribution in [0.5, 0.6) is 0 Å². The lowest BCUT2D eigenvalue weighted by Gasteiger charge is -2.35. The molecule has 0 bridgehead atoms. The summed E-state index contributed by atoms with van der Waals surface area (Å²) >= 11 is 0. The van der Waals surface area contributed by atoms with E-state index in [-0.39, 0.29) is 18.4 Å². The summed E-state index contributed by atoms with van der Waals surface area (Å²) in [5, 5.41) is 2.99. The average molecular weight is 456 g/mol. The van der Waals surface area contributed by atoms with E-state index >= 15 is 0 Å². The molecule has 1 N–H and O–H groups in total. The van der Waals surface area contributed by atoms with E-state index in [0.717, 1.165) is 43.6 Å². The van der Waals surface area contributed by atoms with Gasteiger partial charge in [0.05, 0.1) is 11.6 Å². The number of benzene rings is 1. The summed E-state index contributed by atoms with van der Waals surface area (Å²) in [5.74, 6) is -0.866. The van der Waals surface area contributed by atoms with Crippen LogP contribution in [0.15, 0.2) is 24.3 Å². The molecule has 3 rings (SSSR count). The zero-order chi connectivity index (χ0) is 22.4. The van der Waals surface area contributed by atoms with E-state index in [2.05, 4.69) is 22.0 Å². The fourth-order valence-corrected chi connectivity index (χ4v) is 5.60. The Morgan fingerprint density at radius 2 is 1.77 bits per heavy atom. The van der Waals surface area contributed by atoms with E-state index in [9.17, 15) is 17.6 Å². The molecule has 0 spiro atoms.